The van der Waals surface area contributed by atoms with Crippen molar-refractivity contribution in [1.29, 1.82) is 0 Å². The number of rotatable bonds is 9. The third-order valence-corrected chi connectivity index (χ3v) is 5.48. The van der Waals surface area contributed by atoms with Gasteiger partial charge in [-0.25, -0.2) is 4.39 Å². The van der Waals surface area contributed by atoms with E-state index in [1.165, 1.54) is 23.9 Å². The summed E-state index contributed by atoms with van der Waals surface area (Å²) in [5.74, 6) is -0.932. The number of aryl methyl sites for hydroxylation is 1. The van der Waals surface area contributed by atoms with Gasteiger partial charge in [0.2, 0.25) is 11.8 Å². The standard InChI is InChI=1S/C25H29FN4O3/c1-5-17(3)27-23(31)14-20(18-11-7-6-10-16(18)2)28-25(32)21-15-24(33-4)30(29-21)22-13-9-8-12-19(22)26/h6-13,15,17,20H,5,14H2,1-4H3,(H,27,31)(H,28,32)/t17-,20-/m0/s1. The summed E-state index contributed by atoms with van der Waals surface area (Å²) in [6.45, 7) is 5.85. The molecule has 2 aromatic carbocycles. The molecular formula is C25H29FN4O3. The molecule has 2 N–H and O–H groups in total. The van der Waals surface area contributed by atoms with Gasteiger partial charge in [-0.1, -0.05) is 43.3 Å². The van der Waals surface area contributed by atoms with Crippen LogP contribution < -0.4 is 15.4 Å². The molecule has 0 spiro atoms. The molecule has 2 amide bonds. The highest BCUT2D eigenvalue weighted by atomic mass is 19.1. The Morgan fingerprint density at radius 1 is 1.12 bits per heavy atom. The normalized spacial score (nSPS) is 12.6. The molecule has 33 heavy (non-hydrogen) atoms. The summed E-state index contributed by atoms with van der Waals surface area (Å²) in [6, 6.07) is 14.6. The van der Waals surface area contributed by atoms with Gasteiger partial charge in [0.05, 0.1) is 19.6 Å². The molecule has 0 saturated heterocycles. The van der Waals surface area contributed by atoms with Gasteiger partial charge in [-0.05, 0) is 43.5 Å². The highest BCUT2D eigenvalue weighted by molar-refractivity contribution is 5.93. The van der Waals surface area contributed by atoms with E-state index in [-0.39, 0.29) is 35.6 Å². The number of amides is 2. The summed E-state index contributed by atoms with van der Waals surface area (Å²) in [6.07, 6.45) is 0.881. The highest BCUT2D eigenvalue weighted by Gasteiger charge is 2.24. The van der Waals surface area contributed by atoms with Crippen molar-refractivity contribution in [3.63, 3.8) is 0 Å². The van der Waals surface area contributed by atoms with Gasteiger partial charge in [-0.3, -0.25) is 9.59 Å². The van der Waals surface area contributed by atoms with Crippen molar-refractivity contribution >= 4 is 11.8 Å². The van der Waals surface area contributed by atoms with Crippen LogP contribution in [0.15, 0.2) is 54.6 Å². The quantitative estimate of drug-likeness (QED) is 0.512. The summed E-state index contributed by atoms with van der Waals surface area (Å²) >= 11 is 0. The van der Waals surface area contributed by atoms with Crippen LogP contribution in [-0.2, 0) is 4.79 Å². The lowest BCUT2D eigenvalue weighted by Crippen LogP contribution is -2.37. The number of aromatic nitrogens is 2. The van der Waals surface area contributed by atoms with Gasteiger partial charge in [-0.15, -0.1) is 0 Å². The van der Waals surface area contributed by atoms with Crippen LogP contribution in [0.3, 0.4) is 0 Å². The SMILES string of the molecule is CC[C@H](C)NC(=O)C[C@H](NC(=O)c1cc(OC)n(-c2ccccc2F)n1)c1ccccc1C. The molecule has 0 bridgehead atoms. The Hall–Kier alpha value is -3.68. The number of hydrogen-bond acceptors (Lipinski definition) is 4. The van der Waals surface area contributed by atoms with Crippen molar-refractivity contribution in [3.8, 4) is 11.6 Å². The Morgan fingerprint density at radius 2 is 1.82 bits per heavy atom. The van der Waals surface area contributed by atoms with E-state index >= 15 is 0 Å². The molecule has 1 aromatic heterocycles. The minimum Gasteiger partial charge on any atom is -0.481 e. The number of hydrogen-bond donors (Lipinski definition) is 2. The van der Waals surface area contributed by atoms with Crippen molar-refractivity contribution in [3.05, 3.63) is 77.2 Å². The summed E-state index contributed by atoms with van der Waals surface area (Å²) in [4.78, 5) is 25.7. The number of nitrogens with one attached hydrogen (secondary N) is 2. The first-order valence-electron chi connectivity index (χ1n) is 10.9. The number of ether oxygens (including phenoxy) is 1. The highest BCUT2D eigenvalue weighted by Crippen LogP contribution is 2.24. The Bertz CT molecular complexity index is 1130. The topological polar surface area (TPSA) is 85.3 Å². The minimum atomic E-state index is -0.563. The Morgan fingerprint density at radius 3 is 2.48 bits per heavy atom. The van der Waals surface area contributed by atoms with E-state index in [9.17, 15) is 14.0 Å². The third-order valence-electron chi connectivity index (χ3n) is 5.48. The molecule has 0 radical (unpaired) electrons. The first kappa shape index (κ1) is 24.0. The molecule has 174 valence electrons. The van der Waals surface area contributed by atoms with Crippen molar-refractivity contribution in [2.24, 2.45) is 0 Å². The van der Waals surface area contributed by atoms with E-state index in [0.717, 1.165) is 17.5 Å². The number of benzene rings is 2. The van der Waals surface area contributed by atoms with Crippen LogP contribution in [0.25, 0.3) is 5.69 Å². The lowest BCUT2D eigenvalue weighted by Gasteiger charge is -2.21. The molecule has 0 aliphatic carbocycles. The maximum Gasteiger partial charge on any atom is 0.272 e. The number of halogens is 1. The molecule has 2 atom stereocenters. The molecule has 0 saturated carbocycles. The van der Waals surface area contributed by atoms with Crippen LogP contribution in [0.5, 0.6) is 5.88 Å². The second-order valence-electron chi connectivity index (χ2n) is 7.90. The summed E-state index contributed by atoms with van der Waals surface area (Å²) < 4.78 is 20.8. The summed E-state index contributed by atoms with van der Waals surface area (Å²) in [5, 5.41) is 10.1. The van der Waals surface area contributed by atoms with Gasteiger partial charge >= 0.3 is 0 Å². The van der Waals surface area contributed by atoms with Crippen LogP contribution in [-0.4, -0.2) is 34.7 Å². The molecule has 0 aliphatic rings. The molecule has 7 nitrogen and oxygen atoms in total. The van der Waals surface area contributed by atoms with Crippen molar-refractivity contribution in [2.75, 3.05) is 7.11 Å². The monoisotopic (exact) mass is 452 g/mol. The molecular weight excluding hydrogens is 423 g/mol. The molecule has 0 aliphatic heterocycles. The number of nitrogens with zero attached hydrogens (tertiary/aromatic N) is 2. The lowest BCUT2D eigenvalue weighted by atomic mass is 9.98. The van der Waals surface area contributed by atoms with Gasteiger partial charge < -0.3 is 15.4 Å². The van der Waals surface area contributed by atoms with Gasteiger partial charge in [0.1, 0.15) is 11.5 Å². The van der Waals surface area contributed by atoms with E-state index < -0.39 is 17.8 Å². The summed E-state index contributed by atoms with van der Waals surface area (Å²) in [5.41, 5.74) is 2.01. The lowest BCUT2D eigenvalue weighted by molar-refractivity contribution is -0.122. The minimum absolute atomic E-state index is 0.0338. The van der Waals surface area contributed by atoms with Crippen LogP contribution in [0.2, 0.25) is 0 Å². The number of carbonyl (C=O) groups is 2. The first-order valence-corrected chi connectivity index (χ1v) is 10.9. The second-order valence-corrected chi connectivity index (χ2v) is 7.90. The van der Waals surface area contributed by atoms with E-state index in [0.29, 0.717) is 0 Å². The maximum absolute atomic E-state index is 14.3. The van der Waals surface area contributed by atoms with Gasteiger partial charge in [0.15, 0.2) is 5.69 Å². The smallest absolute Gasteiger partial charge is 0.272 e. The second kappa shape index (κ2) is 10.8. The van der Waals surface area contributed by atoms with E-state index in [4.69, 9.17) is 4.74 Å². The average Bonchev–Trinajstić information content (AvgIpc) is 3.23. The zero-order chi connectivity index (χ0) is 24.0. The number of carbonyl (C=O) groups excluding carboxylic acids is 2. The first-order chi connectivity index (χ1) is 15.8. The molecule has 8 heteroatoms. The number of para-hydroxylation sites is 1. The Balaban J connectivity index is 1.88. The van der Waals surface area contributed by atoms with Crippen molar-refractivity contribution in [2.45, 2.75) is 45.7 Å². The van der Waals surface area contributed by atoms with Gasteiger partial charge in [0.25, 0.3) is 5.91 Å². The van der Waals surface area contributed by atoms with Crippen LogP contribution in [0.1, 0.15) is 54.3 Å². The Labute approximate surface area is 193 Å². The predicted molar refractivity (Wildman–Crippen MR) is 124 cm³/mol. The van der Waals surface area contributed by atoms with Crippen LogP contribution in [0.4, 0.5) is 4.39 Å². The fraction of sp³-hybridized carbons (Fsp3) is 0.320. The molecule has 3 aromatic rings. The van der Waals surface area contributed by atoms with E-state index in [1.54, 1.807) is 18.2 Å². The van der Waals surface area contributed by atoms with E-state index in [1.807, 2.05) is 45.0 Å². The van der Waals surface area contributed by atoms with Gasteiger partial charge in [0, 0.05) is 12.1 Å². The van der Waals surface area contributed by atoms with Crippen LogP contribution >= 0.6 is 0 Å². The average molecular weight is 453 g/mol. The van der Waals surface area contributed by atoms with Crippen LogP contribution in [0, 0.1) is 12.7 Å². The molecule has 3 rings (SSSR count). The largest absolute Gasteiger partial charge is 0.481 e. The van der Waals surface area contributed by atoms with Gasteiger partial charge in [-0.2, -0.15) is 9.78 Å². The zero-order valence-corrected chi connectivity index (χ0v) is 19.3. The molecule has 0 unspecified atom stereocenters. The van der Waals surface area contributed by atoms with E-state index in [2.05, 4.69) is 15.7 Å². The predicted octanol–water partition coefficient (Wildman–Crippen LogP) is 4.10. The number of methoxy groups -OCH3 is 1. The fourth-order valence-corrected chi connectivity index (χ4v) is 3.49. The van der Waals surface area contributed by atoms with Crippen molar-refractivity contribution in [1.82, 2.24) is 20.4 Å². The maximum atomic E-state index is 14.3. The third kappa shape index (κ3) is 5.77. The van der Waals surface area contributed by atoms with Crippen molar-refractivity contribution < 1.29 is 18.7 Å². The fourth-order valence-electron chi connectivity index (χ4n) is 3.49. The Kier molecular flexibility index (Phi) is 7.82. The summed E-state index contributed by atoms with van der Waals surface area (Å²) in [7, 11) is 1.42. The molecule has 1 heterocycles. The molecule has 0 fully saturated rings. The zero-order valence-electron chi connectivity index (χ0n) is 19.3.